The molecule has 2 heterocycles. The fourth-order valence-corrected chi connectivity index (χ4v) is 3.69. The third-order valence-electron chi connectivity index (χ3n) is 5.57. The largest absolute Gasteiger partial charge is 0.339 e. The highest BCUT2D eigenvalue weighted by molar-refractivity contribution is 5.76. The Morgan fingerprint density at radius 3 is 2.74 bits per heavy atom. The van der Waals surface area contributed by atoms with Crippen LogP contribution in [0.25, 0.3) is 11.3 Å². The monoisotopic (exact) mass is 418 g/mol. The summed E-state index contributed by atoms with van der Waals surface area (Å²) in [6.45, 7) is 9.36. The van der Waals surface area contributed by atoms with Crippen LogP contribution in [0.3, 0.4) is 0 Å². The predicted octanol–water partition coefficient (Wildman–Crippen LogP) is 3.12. The molecule has 1 atom stereocenters. The fraction of sp³-hybridized carbons (Fsp3) is 0.417. The van der Waals surface area contributed by atoms with E-state index in [2.05, 4.69) is 34.9 Å². The zero-order valence-electron chi connectivity index (χ0n) is 18.5. The SMILES string of the molecule is C/C=C\C=N/C(C)N1CCN(C(=O)Cn2nc(-c3cccc(C#N)c3)cc2CC)CC1. The molecule has 0 spiro atoms. The highest BCUT2D eigenvalue weighted by Crippen LogP contribution is 2.21. The minimum absolute atomic E-state index is 0.0832. The smallest absolute Gasteiger partial charge is 0.244 e. The van der Waals surface area contributed by atoms with Gasteiger partial charge in [0.05, 0.1) is 23.5 Å². The molecular weight excluding hydrogens is 388 g/mol. The normalized spacial score (nSPS) is 16.1. The van der Waals surface area contributed by atoms with Crippen LogP contribution in [0.15, 0.2) is 47.5 Å². The molecule has 0 aliphatic carbocycles. The van der Waals surface area contributed by atoms with Gasteiger partial charge >= 0.3 is 0 Å². The number of rotatable bonds is 7. The third kappa shape index (κ3) is 5.68. The number of nitriles is 1. The summed E-state index contributed by atoms with van der Waals surface area (Å²) in [5.74, 6) is 0.0832. The first-order valence-corrected chi connectivity index (χ1v) is 10.8. The maximum atomic E-state index is 12.9. The Morgan fingerprint density at radius 2 is 2.06 bits per heavy atom. The Kier molecular flexibility index (Phi) is 7.74. The van der Waals surface area contributed by atoms with Gasteiger partial charge in [-0.1, -0.05) is 25.1 Å². The van der Waals surface area contributed by atoms with Crippen LogP contribution in [0.4, 0.5) is 0 Å². The lowest BCUT2D eigenvalue weighted by Crippen LogP contribution is -2.51. The first kappa shape index (κ1) is 22.4. The van der Waals surface area contributed by atoms with E-state index in [1.165, 1.54) is 0 Å². The maximum Gasteiger partial charge on any atom is 0.244 e. The van der Waals surface area contributed by atoms with Crippen LogP contribution < -0.4 is 0 Å². The summed E-state index contributed by atoms with van der Waals surface area (Å²) in [6, 6.07) is 11.6. The van der Waals surface area contributed by atoms with Crippen LogP contribution in [0.5, 0.6) is 0 Å². The minimum atomic E-state index is 0.0832. The molecule has 7 heteroatoms. The molecule has 0 N–H and O–H groups in total. The first-order valence-electron chi connectivity index (χ1n) is 10.8. The molecule has 1 aliphatic heterocycles. The molecule has 1 aliphatic rings. The van der Waals surface area contributed by atoms with E-state index in [1.807, 2.05) is 54.5 Å². The summed E-state index contributed by atoms with van der Waals surface area (Å²) in [4.78, 5) is 21.7. The summed E-state index contributed by atoms with van der Waals surface area (Å²) in [7, 11) is 0. The average Bonchev–Trinajstić information content (AvgIpc) is 3.22. The number of carbonyl (C=O) groups excluding carboxylic acids is 1. The van der Waals surface area contributed by atoms with Crippen LogP contribution in [0.2, 0.25) is 0 Å². The van der Waals surface area contributed by atoms with E-state index in [9.17, 15) is 4.79 Å². The highest BCUT2D eigenvalue weighted by atomic mass is 16.2. The zero-order valence-corrected chi connectivity index (χ0v) is 18.5. The lowest BCUT2D eigenvalue weighted by molar-refractivity contribution is -0.134. The van der Waals surface area contributed by atoms with E-state index in [0.717, 1.165) is 36.5 Å². The molecule has 1 aromatic heterocycles. The summed E-state index contributed by atoms with van der Waals surface area (Å²) < 4.78 is 1.80. The van der Waals surface area contributed by atoms with Gasteiger partial charge in [-0.3, -0.25) is 19.4 Å². The number of nitrogens with zero attached hydrogens (tertiary/aromatic N) is 6. The second-order valence-electron chi connectivity index (χ2n) is 7.60. The quantitative estimate of drug-likeness (QED) is 0.647. The van der Waals surface area contributed by atoms with Gasteiger partial charge in [0, 0.05) is 43.7 Å². The summed E-state index contributed by atoms with van der Waals surface area (Å²) in [6.07, 6.45) is 6.61. The zero-order chi connectivity index (χ0) is 22.2. The van der Waals surface area contributed by atoms with Gasteiger partial charge in [-0.2, -0.15) is 10.4 Å². The van der Waals surface area contributed by atoms with Gasteiger partial charge in [0.15, 0.2) is 0 Å². The number of amides is 1. The molecule has 1 fully saturated rings. The lowest BCUT2D eigenvalue weighted by Gasteiger charge is -2.36. The van der Waals surface area contributed by atoms with E-state index in [0.29, 0.717) is 18.7 Å². The molecule has 31 heavy (non-hydrogen) atoms. The first-order chi connectivity index (χ1) is 15.0. The highest BCUT2D eigenvalue weighted by Gasteiger charge is 2.24. The molecule has 162 valence electrons. The van der Waals surface area contributed by atoms with Gasteiger partial charge in [0.2, 0.25) is 5.91 Å². The standard InChI is InChI=1S/C24H30N6O/c1-4-6-10-26-19(3)28-11-13-29(14-12-28)24(31)18-30-22(5-2)16-23(27-30)21-9-7-8-20(15-21)17-25/h4,6-10,15-16,19H,5,11-14,18H2,1-3H3/b6-4-,26-10-. The van der Waals surface area contributed by atoms with E-state index in [1.54, 1.807) is 10.7 Å². The van der Waals surface area contributed by atoms with Crippen LogP contribution in [0, 0.1) is 11.3 Å². The van der Waals surface area contributed by atoms with Crippen molar-refractivity contribution in [2.75, 3.05) is 26.2 Å². The Balaban J connectivity index is 1.63. The van der Waals surface area contributed by atoms with Gasteiger partial charge in [0.1, 0.15) is 6.54 Å². The third-order valence-corrected chi connectivity index (χ3v) is 5.57. The second kappa shape index (κ2) is 10.7. The van der Waals surface area contributed by atoms with Gasteiger partial charge in [-0.05, 0) is 44.5 Å². The van der Waals surface area contributed by atoms with Crippen molar-refractivity contribution in [2.45, 2.75) is 39.9 Å². The van der Waals surface area contributed by atoms with E-state index < -0.39 is 0 Å². The minimum Gasteiger partial charge on any atom is -0.339 e. The molecule has 1 unspecified atom stereocenters. The molecule has 0 saturated carbocycles. The molecule has 2 aromatic rings. The van der Waals surface area contributed by atoms with Crippen molar-refractivity contribution in [3.63, 3.8) is 0 Å². The fourth-order valence-electron chi connectivity index (χ4n) is 3.69. The van der Waals surface area contributed by atoms with Gasteiger partial charge in [-0.25, -0.2) is 0 Å². The van der Waals surface area contributed by atoms with Crippen LogP contribution in [-0.2, 0) is 17.8 Å². The Labute approximate surface area is 184 Å². The van der Waals surface area contributed by atoms with Crippen LogP contribution >= 0.6 is 0 Å². The van der Waals surface area contributed by atoms with E-state index in [-0.39, 0.29) is 18.6 Å². The number of aryl methyl sites for hydroxylation is 1. The summed E-state index contributed by atoms with van der Waals surface area (Å²) in [5, 5.41) is 13.8. The topological polar surface area (TPSA) is 77.5 Å². The van der Waals surface area contributed by atoms with Gasteiger partial charge in [-0.15, -0.1) is 0 Å². The molecule has 1 saturated heterocycles. The number of aromatic nitrogens is 2. The van der Waals surface area contributed by atoms with Gasteiger partial charge < -0.3 is 4.90 Å². The Bertz CT molecular complexity index is 992. The number of piperazine rings is 1. The second-order valence-corrected chi connectivity index (χ2v) is 7.60. The molecule has 0 bridgehead atoms. The number of hydrogen-bond acceptors (Lipinski definition) is 5. The summed E-state index contributed by atoms with van der Waals surface area (Å²) >= 11 is 0. The number of hydrogen-bond donors (Lipinski definition) is 0. The van der Waals surface area contributed by atoms with Crippen molar-refractivity contribution >= 4 is 12.1 Å². The van der Waals surface area contributed by atoms with E-state index >= 15 is 0 Å². The van der Waals surface area contributed by atoms with Crippen molar-refractivity contribution in [2.24, 2.45) is 4.99 Å². The molecule has 0 radical (unpaired) electrons. The van der Waals surface area contributed by atoms with E-state index in [4.69, 9.17) is 5.26 Å². The number of allylic oxidation sites excluding steroid dienone is 2. The van der Waals surface area contributed by atoms with Crippen LogP contribution in [-0.4, -0.2) is 64.0 Å². The molecular formula is C24H30N6O. The number of carbonyl (C=O) groups is 1. The van der Waals surface area contributed by atoms with Crippen molar-refractivity contribution in [3.05, 3.63) is 53.7 Å². The molecule has 1 amide bonds. The summed E-state index contributed by atoms with van der Waals surface area (Å²) in [5.41, 5.74) is 3.29. The maximum absolute atomic E-state index is 12.9. The Morgan fingerprint density at radius 1 is 1.29 bits per heavy atom. The number of aliphatic imine (C=N–C) groups is 1. The van der Waals surface area contributed by atoms with Crippen molar-refractivity contribution in [1.29, 1.82) is 5.26 Å². The van der Waals surface area contributed by atoms with Crippen molar-refractivity contribution < 1.29 is 4.79 Å². The number of benzene rings is 1. The predicted molar refractivity (Wildman–Crippen MR) is 123 cm³/mol. The van der Waals surface area contributed by atoms with Gasteiger partial charge in [0.25, 0.3) is 0 Å². The molecule has 3 rings (SSSR count). The molecule has 1 aromatic carbocycles. The van der Waals surface area contributed by atoms with Crippen molar-refractivity contribution in [3.8, 4) is 17.3 Å². The van der Waals surface area contributed by atoms with Crippen molar-refractivity contribution in [1.82, 2.24) is 19.6 Å². The Hall–Kier alpha value is -3.24. The average molecular weight is 419 g/mol. The molecule has 7 nitrogen and oxygen atoms in total. The van der Waals surface area contributed by atoms with Crippen LogP contribution in [0.1, 0.15) is 32.0 Å². The lowest BCUT2D eigenvalue weighted by atomic mass is 10.1.